The number of hydrogen-bond acceptors (Lipinski definition) is 5. The van der Waals surface area contributed by atoms with Gasteiger partial charge in [0.1, 0.15) is 5.75 Å². The van der Waals surface area contributed by atoms with Crippen molar-refractivity contribution in [3.8, 4) is 5.75 Å². The van der Waals surface area contributed by atoms with E-state index in [2.05, 4.69) is 20.3 Å². The average Bonchev–Trinajstić information content (AvgIpc) is 2.79. The van der Waals surface area contributed by atoms with Crippen molar-refractivity contribution in [2.75, 3.05) is 11.9 Å². The summed E-state index contributed by atoms with van der Waals surface area (Å²) >= 11 is 1.43. The van der Waals surface area contributed by atoms with Gasteiger partial charge in [0.15, 0.2) is 0 Å². The second-order valence-electron chi connectivity index (χ2n) is 3.78. The molecule has 0 unspecified atom stereocenters. The fourth-order valence-corrected chi connectivity index (χ4v) is 2.38. The van der Waals surface area contributed by atoms with Crippen LogP contribution in [-0.4, -0.2) is 26.6 Å². The molecule has 5 nitrogen and oxygen atoms in total. The molecule has 0 radical (unpaired) electrons. The number of aromatic amines is 1. The lowest BCUT2D eigenvalue weighted by Gasteiger charge is -2.07. The van der Waals surface area contributed by atoms with Crippen molar-refractivity contribution in [2.45, 2.75) is 23.6 Å². The van der Waals surface area contributed by atoms with Crippen LogP contribution in [0.3, 0.4) is 0 Å². The molecule has 2 aromatic heterocycles. The van der Waals surface area contributed by atoms with Crippen LogP contribution in [0.15, 0.2) is 34.5 Å². The molecule has 0 aromatic carbocycles. The van der Waals surface area contributed by atoms with Crippen molar-refractivity contribution in [1.29, 1.82) is 0 Å². The number of rotatable bonds is 5. The van der Waals surface area contributed by atoms with Crippen LogP contribution in [0.5, 0.6) is 5.75 Å². The van der Waals surface area contributed by atoms with Gasteiger partial charge in [0, 0.05) is 25.1 Å². The molecule has 2 heterocycles. The van der Waals surface area contributed by atoms with Gasteiger partial charge in [-0.3, -0.25) is 0 Å². The zero-order chi connectivity index (χ0) is 13.7. The predicted octanol–water partition coefficient (Wildman–Crippen LogP) is 3.13. The van der Waals surface area contributed by atoms with Crippen LogP contribution in [0.25, 0.3) is 6.08 Å². The third-order valence-corrected chi connectivity index (χ3v) is 3.43. The molecule has 0 aliphatic heterocycles. The molecule has 0 aliphatic carbocycles. The molecular weight excluding hydrogens is 260 g/mol. The first-order valence-corrected chi connectivity index (χ1v) is 6.83. The van der Waals surface area contributed by atoms with E-state index in [0.717, 1.165) is 22.0 Å². The van der Waals surface area contributed by atoms with Crippen molar-refractivity contribution in [1.82, 2.24) is 15.0 Å². The molecule has 2 rings (SSSR count). The lowest BCUT2D eigenvalue weighted by atomic mass is 10.3. The SMILES string of the molecule is CC=Cc1nc(NCC)ncc1Sc1c[nH]cc1O. The van der Waals surface area contributed by atoms with Crippen LogP contribution < -0.4 is 5.32 Å². The number of aromatic hydroxyl groups is 1. The lowest BCUT2D eigenvalue weighted by molar-refractivity contribution is 0.464. The third-order valence-electron chi connectivity index (χ3n) is 2.35. The number of aromatic nitrogens is 3. The summed E-state index contributed by atoms with van der Waals surface area (Å²) in [5.74, 6) is 0.838. The van der Waals surface area contributed by atoms with E-state index in [4.69, 9.17) is 0 Å². The Morgan fingerprint density at radius 2 is 2.26 bits per heavy atom. The highest BCUT2D eigenvalue weighted by Gasteiger charge is 2.09. The van der Waals surface area contributed by atoms with E-state index in [1.807, 2.05) is 26.0 Å². The summed E-state index contributed by atoms with van der Waals surface area (Å²) in [5, 5.41) is 12.7. The van der Waals surface area contributed by atoms with Crippen molar-refractivity contribution in [3.05, 3.63) is 30.4 Å². The fraction of sp³-hybridized carbons (Fsp3) is 0.231. The van der Waals surface area contributed by atoms with Gasteiger partial charge in [-0.15, -0.1) is 0 Å². The number of anilines is 1. The quantitative estimate of drug-likeness (QED) is 0.782. The monoisotopic (exact) mass is 276 g/mol. The van der Waals surface area contributed by atoms with Crippen LogP contribution in [0.4, 0.5) is 5.95 Å². The molecule has 0 aliphatic rings. The van der Waals surface area contributed by atoms with Crippen molar-refractivity contribution in [2.24, 2.45) is 0 Å². The Bertz CT molecular complexity index is 580. The number of nitrogens with one attached hydrogen (secondary N) is 2. The largest absolute Gasteiger partial charge is 0.505 e. The lowest BCUT2D eigenvalue weighted by Crippen LogP contribution is -2.03. The third kappa shape index (κ3) is 3.29. The second kappa shape index (κ2) is 6.29. The molecule has 0 saturated carbocycles. The minimum absolute atomic E-state index is 0.229. The summed E-state index contributed by atoms with van der Waals surface area (Å²) in [5.41, 5.74) is 0.832. The topological polar surface area (TPSA) is 73.8 Å². The maximum absolute atomic E-state index is 9.65. The van der Waals surface area contributed by atoms with E-state index >= 15 is 0 Å². The summed E-state index contributed by atoms with van der Waals surface area (Å²) in [7, 11) is 0. The average molecular weight is 276 g/mol. The summed E-state index contributed by atoms with van der Waals surface area (Å²) in [6, 6.07) is 0. The standard InChI is InChI=1S/C13H16N4OS/c1-3-5-9-11(8-16-13(17-9)15-4-2)19-12-7-14-6-10(12)18/h3,5-8,14,18H,4H2,1-2H3,(H,15,16,17). The predicted molar refractivity (Wildman–Crippen MR) is 77.5 cm³/mol. The molecule has 6 heteroatoms. The summed E-state index contributed by atoms with van der Waals surface area (Å²) < 4.78 is 0. The van der Waals surface area contributed by atoms with E-state index in [0.29, 0.717) is 5.95 Å². The molecular formula is C13H16N4OS. The normalized spacial score (nSPS) is 11.1. The maximum atomic E-state index is 9.65. The molecule has 2 aromatic rings. The molecule has 0 saturated heterocycles. The first-order chi connectivity index (χ1) is 9.24. The maximum Gasteiger partial charge on any atom is 0.223 e. The highest BCUT2D eigenvalue weighted by atomic mass is 32.2. The minimum atomic E-state index is 0.229. The summed E-state index contributed by atoms with van der Waals surface area (Å²) in [6.45, 7) is 4.72. The van der Waals surface area contributed by atoms with Crippen LogP contribution in [-0.2, 0) is 0 Å². The summed E-state index contributed by atoms with van der Waals surface area (Å²) in [4.78, 5) is 13.2. The van der Waals surface area contributed by atoms with Crippen LogP contribution in [0, 0.1) is 0 Å². The van der Waals surface area contributed by atoms with Crippen LogP contribution in [0.2, 0.25) is 0 Å². The van der Waals surface area contributed by atoms with Gasteiger partial charge in [-0.25, -0.2) is 9.97 Å². The Morgan fingerprint density at radius 1 is 1.42 bits per heavy atom. The number of H-pyrrole nitrogens is 1. The van der Waals surface area contributed by atoms with Gasteiger partial charge >= 0.3 is 0 Å². The highest BCUT2D eigenvalue weighted by molar-refractivity contribution is 7.99. The number of allylic oxidation sites excluding steroid dienone is 1. The van der Waals surface area contributed by atoms with Crippen molar-refractivity contribution >= 4 is 23.8 Å². The van der Waals surface area contributed by atoms with E-state index in [1.54, 1.807) is 18.6 Å². The van der Waals surface area contributed by atoms with E-state index in [9.17, 15) is 5.11 Å². The van der Waals surface area contributed by atoms with Crippen LogP contribution in [0.1, 0.15) is 19.5 Å². The minimum Gasteiger partial charge on any atom is -0.505 e. The Morgan fingerprint density at radius 3 is 2.89 bits per heavy atom. The zero-order valence-corrected chi connectivity index (χ0v) is 11.7. The Balaban J connectivity index is 2.31. The molecule has 0 fully saturated rings. The molecule has 19 heavy (non-hydrogen) atoms. The van der Waals surface area contributed by atoms with Gasteiger partial charge in [0.25, 0.3) is 0 Å². The van der Waals surface area contributed by atoms with E-state index in [-0.39, 0.29) is 5.75 Å². The van der Waals surface area contributed by atoms with Gasteiger partial charge in [-0.05, 0) is 19.9 Å². The Kier molecular flexibility index (Phi) is 4.46. The van der Waals surface area contributed by atoms with Gasteiger partial charge in [0.2, 0.25) is 5.95 Å². The van der Waals surface area contributed by atoms with Crippen LogP contribution >= 0.6 is 11.8 Å². The number of nitrogens with zero attached hydrogens (tertiary/aromatic N) is 2. The first kappa shape index (κ1) is 13.5. The van der Waals surface area contributed by atoms with E-state index < -0.39 is 0 Å². The van der Waals surface area contributed by atoms with Crippen molar-refractivity contribution < 1.29 is 5.11 Å². The molecule has 0 atom stereocenters. The molecule has 100 valence electrons. The van der Waals surface area contributed by atoms with Gasteiger partial charge in [0.05, 0.1) is 15.5 Å². The van der Waals surface area contributed by atoms with Gasteiger partial charge in [-0.2, -0.15) is 0 Å². The van der Waals surface area contributed by atoms with E-state index in [1.165, 1.54) is 11.8 Å². The second-order valence-corrected chi connectivity index (χ2v) is 4.86. The van der Waals surface area contributed by atoms with Gasteiger partial charge < -0.3 is 15.4 Å². The smallest absolute Gasteiger partial charge is 0.223 e. The zero-order valence-electron chi connectivity index (χ0n) is 10.8. The first-order valence-electron chi connectivity index (χ1n) is 6.01. The fourth-order valence-electron chi connectivity index (χ4n) is 1.52. The molecule has 0 spiro atoms. The Labute approximate surface area is 116 Å². The van der Waals surface area contributed by atoms with Gasteiger partial charge in [-0.1, -0.05) is 17.8 Å². The molecule has 0 amide bonds. The Hall–Kier alpha value is -1.95. The molecule has 3 N–H and O–H groups in total. The highest BCUT2D eigenvalue weighted by Crippen LogP contribution is 2.35. The van der Waals surface area contributed by atoms with Crippen molar-refractivity contribution in [3.63, 3.8) is 0 Å². The summed E-state index contributed by atoms with van der Waals surface area (Å²) in [6.07, 6.45) is 8.91. The number of hydrogen-bond donors (Lipinski definition) is 3. The molecule has 0 bridgehead atoms.